The van der Waals surface area contributed by atoms with Crippen molar-refractivity contribution in [2.24, 2.45) is 5.10 Å². The number of anilines is 1. The number of hydrogen-bond donors (Lipinski definition) is 2. The molecule has 2 aromatic heterocycles. The Morgan fingerprint density at radius 3 is 2.77 bits per heavy atom. The minimum absolute atomic E-state index is 0.245. The molecule has 0 bridgehead atoms. The fourth-order valence-electron chi connectivity index (χ4n) is 3.59. The fourth-order valence-corrected chi connectivity index (χ4v) is 4.71. The van der Waals surface area contributed by atoms with Gasteiger partial charge in [0, 0.05) is 4.88 Å². The number of aromatic nitrogens is 2. The van der Waals surface area contributed by atoms with Crippen molar-refractivity contribution in [3.63, 3.8) is 0 Å². The number of carbonyl (C=O) groups is 1. The monoisotopic (exact) mass is 424 g/mol. The molecule has 4 rings (SSSR count). The topological polar surface area (TPSA) is 96.7 Å². The summed E-state index contributed by atoms with van der Waals surface area (Å²) in [6.45, 7) is 2.68. The summed E-state index contributed by atoms with van der Waals surface area (Å²) >= 11 is 1.64. The number of hydrazone groups is 1. The van der Waals surface area contributed by atoms with Crippen molar-refractivity contribution in [3.05, 3.63) is 52.2 Å². The van der Waals surface area contributed by atoms with Crippen LogP contribution in [0.2, 0.25) is 0 Å². The number of nitrogens with one attached hydrogen (secondary N) is 1. The van der Waals surface area contributed by atoms with Gasteiger partial charge in [0.25, 0.3) is 0 Å². The highest BCUT2D eigenvalue weighted by atomic mass is 32.1. The molecule has 0 radical (unpaired) electrons. The van der Waals surface area contributed by atoms with Crippen LogP contribution in [-0.4, -0.2) is 33.4 Å². The Kier molecular flexibility index (Phi) is 6.35. The van der Waals surface area contributed by atoms with Crippen LogP contribution >= 0.6 is 11.3 Å². The SMILES string of the molecule is Cc1c(COC2CCCCC2)sc2c(NN=Cc3ccc(C(=O)O)cc3)ncnc12. The van der Waals surface area contributed by atoms with E-state index in [0.717, 1.165) is 34.2 Å². The molecule has 30 heavy (non-hydrogen) atoms. The summed E-state index contributed by atoms with van der Waals surface area (Å²) in [6.07, 6.45) is 9.66. The van der Waals surface area contributed by atoms with Crippen LogP contribution in [0.5, 0.6) is 0 Å². The normalized spacial score (nSPS) is 15.1. The van der Waals surface area contributed by atoms with Crippen LogP contribution in [0.15, 0.2) is 35.7 Å². The molecular weight excluding hydrogens is 400 g/mol. The van der Waals surface area contributed by atoms with Crippen LogP contribution in [0.1, 0.15) is 58.5 Å². The molecule has 0 unspecified atom stereocenters. The van der Waals surface area contributed by atoms with E-state index < -0.39 is 5.97 Å². The molecule has 156 valence electrons. The van der Waals surface area contributed by atoms with Gasteiger partial charge in [-0.15, -0.1) is 11.3 Å². The van der Waals surface area contributed by atoms with Crippen LogP contribution in [0.25, 0.3) is 10.2 Å². The van der Waals surface area contributed by atoms with E-state index in [4.69, 9.17) is 9.84 Å². The molecule has 0 aliphatic heterocycles. The van der Waals surface area contributed by atoms with Crippen LogP contribution in [0, 0.1) is 6.92 Å². The summed E-state index contributed by atoms with van der Waals surface area (Å²) in [6, 6.07) is 6.52. The average molecular weight is 425 g/mol. The van der Waals surface area contributed by atoms with E-state index >= 15 is 0 Å². The van der Waals surface area contributed by atoms with E-state index in [0.29, 0.717) is 18.5 Å². The van der Waals surface area contributed by atoms with Crippen molar-refractivity contribution >= 4 is 39.6 Å². The van der Waals surface area contributed by atoms with Crippen molar-refractivity contribution < 1.29 is 14.6 Å². The fraction of sp³-hybridized carbons (Fsp3) is 0.364. The van der Waals surface area contributed by atoms with E-state index in [1.165, 1.54) is 30.5 Å². The molecule has 2 N–H and O–H groups in total. The third-order valence-electron chi connectivity index (χ3n) is 5.35. The first kappa shape index (κ1) is 20.4. The average Bonchev–Trinajstić information content (AvgIpc) is 3.10. The number of benzene rings is 1. The maximum Gasteiger partial charge on any atom is 0.335 e. The Hall–Kier alpha value is -2.84. The molecular formula is C22H24N4O3S. The molecule has 1 fully saturated rings. The lowest BCUT2D eigenvalue weighted by Gasteiger charge is -2.21. The highest BCUT2D eigenvalue weighted by Gasteiger charge is 2.17. The van der Waals surface area contributed by atoms with E-state index in [1.54, 1.807) is 41.8 Å². The zero-order valence-corrected chi connectivity index (χ0v) is 17.6. The number of carboxylic acid groups (broad SMARTS) is 1. The molecule has 2 heterocycles. The zero-order chi connectivity index (χ0) is 20.9. The number of aromatic carboxylic acids is 1. The minimum Gasteiger partial charge on any atom is -0.478 e. The number of ether oxygens (including phenoxy) is 1. The van der Waals surface area contributed by atoms with E-state index in [2.05, 4.69) is 27.4 Å². The van der Waals surface area contributed by atoms with Gasteiger partial charge in [0.2, 0.25) is 0 Å². The van der Waals surface area contributed by atoms with Gasteiger partial charge < -0.3 is 9.84 Å². The number of rotatable bonds is 7. The molecule has 1 saturated carbocycles. The lowest BCUT2D eigenvalue weighted by Crippen LogP contribution is -2.16. The number of fused-ring (bicyclic) bond motifs is 1. The van der Waals surface area contributed by atoms with Crippen molar-refractivity contribution in [2.75, 3.05) is 5.43 Å². The van der Waals surface area contributed by atoms with Crippen LogP contribution in [0.4, 0.5) is 5.82 Å². The molecule has 0 spiro atoms. The molecule has 8 heteroatoms. The third-order valence-corrected chi connectivity index (χ3v) is 6.61. The van der Waals surface area contributed by atoms with Gasteiger partial charge in [0.05, 0.1) is 34.7 Å². The Morgan fingerprint density at radius 2 is 2.03 bits per heavy atom. The van der Waals surface area contributed by atoms with Crippen molar-refractivity contribution in [2.45, 2.75) is 51.7 Å². The molecule has 3 aromatic rings. The first-order valence-electron chi connectivity index (χ1n) is 10.1. The molecule has 1 aliphatic rings. The number of carboxylic acids is 1. The largest absolute Gasteiger partial charge is 0.478 e. The van der Waals surface area contributed by atoms with Crippen molar-refractivity contribution in [3.8, 4) is 0 Å². The second kappa shape index (κ2) is 9.32. The Labute approximate surface area is 178 Å². The molecule has 1 aliphatic carbocycles. The highest BCUT2D eigenvalue weighted by molar-refractivity contribution is 7.19. The first-order valence-corrected chi connectivity index (χ1v) is 10.9. The summed E-state index contributed by atoms with van der Waals surface area (Å²) < 4.78 is 7.11. The smallest absolute Gasteiger partial charge is 0.335 e. The molecule has 0 atom stereocenters. The summed E-state index contributed by atoms with van der Waals surface area (Å²) in [4.78, 5) is 20.9. The number of nitrogens with zero attached hydrogens (tertiary/aromatic N) is 3. The predicted molar refractivity (Wildman–Crippen MR) is 118 cm³/mol. The van der Waals surface area contributed by atoms with Crippen LogP contribution in [0.3, 0.4) is 0 Å². The van der Waals surface area contributed by atoms with E-state index in [1.807, 2.05) is 0 Å². The third kappa shape index (κ3) is 4.66. The molecule has 0 saturated heterocycles. The maximum atomic E-state index is 10.9. The zero-order valence-electron chi connectivity index (χ0n) is 16.8. The molecule has 0 amide bonds. The lowest BCUT2D eigenvalue weighted by molar-refractivity contribution is 0.0180. The van der Waals surface area contributed by atoms with E-state index in [9.17, 15) is 4.79 Å². The maximum absolute atomic E-state index is 10.9. The Bertz CT molecular complexity index is 1060. The van der Waals surface area contributed by atoms with Gasteiger partial charge in [-0.05, 0) is 43.0 Å². The van der Waals surface area contributed by atoms with Gasteiger partial charge in [0.15, 0.2) is 5.82 Å². The van der Waals surface area contributed by atoms with Gasteiger partial charge in [-0.3, -0.25) is 5.43 Å². The molecule has 7 nitrogen and oxygen atoms in total. The van der Waals surface area contributed by atoms with Gasteiger partial charge in [-0.1, -0.05) is 31.4 Å². The quantitative estimate of drug-likeness (QED) is 0.409. The standard InChI is InChI=1S/C22H24N4O3S/c1-14-18(12-29-17-5-3-2-4-6-17)30-20-19(14)23-13-24-21(20)26-25-11-15-7-9-16(10-8-15)22(27)28/h7-11,13,17H,2-6,12H2,1H3,(H,27,28)(H,23,24,26). The van der Waals surface area contributed by atoms with Gasteiger partial charge in [-0.25, -0.2) is 14.8 Å². The summed E-state index contributed by atoms with van der Waals surface area (Å²) in [5.41, 5.74) is 6.08. The van der Waals surface area contributed by atoms with Gasteiger partial charge in [0.1, 0.15) is 6.33 Å². The number of hydrogen-bond acceptors (Lipinski definition) is 7. The van der Waals surface area contributed by atoms with Crippen molar-refractivity contribution in [1.82, 2.24) is 9.97 Å². The predicted octanol–water partition coefficient (Wildman–Crippen LogP) is 4.99. The summed E-state index contributed by atoms with van der Waals surface area (Å²) in [5, 5.41) is 13.2. The van der Waals surface area contributed by atoms with Gasteiger partial charge in [-0.2, -0.15) is 5.10 Å². The van der Waals surface area contributed by atoms with Crippen LogP contribution < -0.4 is 5.43 Å². The Balaban J connectivity index is 1.46. The number of thiophene rings is 1. The lowest BCUT2D eigenvalue weighted by atomic mass is 9.98. The van der Waals surface area contributed by atoms with Gasteiger partial charge >= 0.3 is 5.97 Å². The highest BCUT2D eigenvalue weighted by Crippen LogP contribution is 2.34. The second-order valence-corrected chi connectivity index (χ2v) is 8.52. The number of aryl methyl sites for hydroxylation is 1. The van der Waals surface area contributed by atoms with E-state index in [-0.39, 0.29) is 5.56 Å². The first-order chi connectivity index (χ1) is 14.6. The summed E-state index contributed by atoms with van der Waals surface area (Å²) in [7, 11) is 0. The Morgan fingerprint density at radius 1 is 1.27 bits per heavy atom. The van der Waals surface area contributed by atoms with Crippen LogP contribution in [-0.2, 0) is 11.3 Å². The molecule has 1 aromatic carbocycles. The van der Waals surface area contributed by atoms with Crippen molar-refractivity contribution in [1.29, 1.82) is 0 Å². The summed E-state index contributed by atoms with van der Waals surface area (Å²) in [5.74, 6) is -0.299. The second-order valence-electron chi connectivity index (χ2n) is 7.42. The minimum atomic E-state index is -0.948.